The fourth-order valence-electron chi connectivity index (χ4n) is 1.24. The second kappa shape index (κ2) is 8.21. The molecule has 0 heterocycles. The number of rotatable bonds is 7. The third-order valence-corrected chi connectivity index (χ3v) is 3.28. The van der Waals surface area contributed by atoms with Crippen LogP contribution in [0.2, 0.25) is 0 Å². The number of amides is 2. The van der Waals surface area contributed by atoms with Gasteiger partial charge in [0.05, 0.1) is 6.54 Å². The quantitative estimate of drug-likeness (QED) is 0.557. The van der Waals surface area contributed by atoms with Crippen molar-refractivity contribution in [2.45, 2.75) is 17.1 Å². The van der Waals surface area contributed by atoms with E-state index in [1.165, 1.54) is 11.8 Å². The third kappa shape index (κ3) is 6.24. The van der Waals surface area contributed by atoms with Gasteiger partial charge in [-0.3, -0.25) is 14.4 Å². The van der Waals surface area contributed by atoms with Gasteiger partial charge in [0.15, 0.2) is 6.61 Å². The molecule has 0 saturated heterocycles. The number of carbonyl (C=O) groups is 3. The summed E-state index contributed by atoms with van der Waals surface area (Å²) in [7, 11) is 0. The molecule has 1 atom stereocenters. The van der Waals surface area contributed by atoms with Crippen LogP contribution in [0.25, 0.3) is 0 Å². The highest BCUT2D eigenvalue weighted by Crippen LogP contribution is 2.23. The maximum Gasteiger partial charge on any atom is 0.319 e. The zero-order valence-electron chi connectivity index (χ0n) is 11.0. The highest BCUT2D eigenvalue weighted by Gasteiger charge is 2.17. The molecule has 7 heteroatoms. The van der Waals surface area contributed by atoms with E-state index < -0.39 is 29.6 Å². The molecule has 0 radical (unpaired) electrons. The van der Waals surface area contributed by atoms with Crippen LogP contribution in [0.5, 0.6) is 0 Å². The van der Waals surface area contributed by atoms with Crippen molar-refractivity contribution in [2.24, 2.45) is 5.73 Å². The Labute approximate surface area is 121 Å². The number of nitrogens with two attached hydrogens (primary N) is 1. The molecule has 1 rings (SSSR count). The molecule has 0 aliphatic rings. The Kier molecular flexibility index (Phi) is 6.58. The number of hydrogen-bond acceptors (Lipinski definition) is 5. The molecule has 0 bridgehead atoms. The zero-order valence-corrected chi connectivity index (χ0v) is 11.8. The summed E-state index contributed by atoms with van der Waals surface area (Å²) in [4.78, 5) is 34.3. The van der Waals surface area contributed by atoms with Crippen LogP contribution in [0, 0.1) is 0 Å². The number of carbonyl (C=O) groups excluding carboxylic acids is 3. The first kappa shape index (κ1) is 16.0. The molecule has 2 amide bonds. The Hall–Kier alpha value is -2.02. The van der Waals surface area contributed by atoms with Gasteiger partial charge in [-0.05, 0) is 19.1 Å². The van der Waals surface area contributed by atoms with Crippen molar-refractivity contribution in [1.29, 1.82) is 0 Å². The first-order chi connectivity index (χ1) is 9.49. The van der Waals surface area contributed by atoms with Gasteiger partial charge < -0.3 is 15.8 Å². The molecule has 0 unspecified atom stereocenters. The van der Waals surface area contributed by atoms with Crippen LogP contribution >= 0.6 is 11.8 Å². The van der Waals surface area contributed by atoms with Gasteiger partial charge in [-0.15, -0.1) is 11.8 Å². The lowest BCUT2D eigenvalue weighted by atomic mass is 10.4. The van der Waals surface area contributed by atoms with Gasteiger partial charge in [0.25, 0.3) is 5.91 Å². The van der Waals surface area contributed by atoms with Crippen molar-refractivity contribution < 1.29 is 19.1 Å². The number of benzene rings is 1. The molecule has 6 nitrogen and oxygen atoms in total. The first-order valence-electron chi connectivity index (χ1n) is 5.92. The molecular formula is C13H16N2O4S. The molecule has 108 valence electrons. The van der Waals surface area contributed by atoms with E-state index in [0.29, 0.717) is 0 Å². The molecule has 0 fully saturated rings. The van der Waals surface area contributed by atoms with Crippen LogP contribution in [0.3, 0.4) is 0 Å². The molecule has 1 aromatic rings. The molecule has 0 aliphatic heterocycles. The number of ether oxygens (including phenoxy) is 1. The third-order valence-electron chi connectivity index (χ3n) is 2.19. The number of thioether (sulfide) groups is 1. The predicted octanol–water partition coefficient (Wildman–Crippen LogP) is 0.312. The van der Waals surface area contributed by atoms with Crippen molar-refractivity contribution in [3.8, 4) is 0 Å². The largest absolute Gasteiger partial charge is 0.455 e. The minimum absolute atomic E-state index is 0.273. The summed E-state index contributed by atoms with van der Waals surface area (Å²) in [5.74, 6) is -1.71. The van der Waals surface area contributed by atoms with E-state index in [4.69, 9.17) is 10.5 Å². The van der Waals surface area contributed by atoms with Gasteiger partial charge in [0.1, 0.15) is 5.25 Å². The molecule has 0 aromatic heterocycles. The molecule has 20 heavy (non-hydrogen) atoms. The van der Waals surface area contributed by atoms with Gasteiger partial charge in [-0.2, -0.15) is 0 Å². The van der Waals surface area contributed by atoms with Crippen LogP contribution in [-0.4, -0.2) is 36.2 Å². The smallest absolute Gasteiger partial charge is 0.319 e. The molecular weight excluding hydrogens is 280 g/mol. The average Bonchev–Trinajstić information content (AvgIpc) is 2.43. The van der Waals surface area contributed by atoms with Crippen LogP contribution < -0.4 is 11.1 Å². The maximum atomic E-state index is 11.7. The normalized spacial score (nSPS) is 11.4. The van der Waals surface area contributed by atoms with Crippen LogP contribution in [-0.2, 0) is 19.1 Å². The summed E-state index contributed by atoms with van der Waals surface area (Å²) in [5, 5.41) is 1.80. The lowest BCUT2D eigenvalue weighted by Crippen LogP contribution is -2.36. The Morgan fingerprint density at radius 2 is 1.95 bits per heavy atom. The van der Waals surface area contributed by atoms with E-state index in [-0.39, 0.29) is 6.54 Å². The van der Waals surface area contributed by atoms with Crippen molar-refractivity contribution in [2.75, 3.05) is 13.2 Å². The Balaban J connectivity index is 2.31. The van der Waals surface area contributed by atoms with Crippen molar-refractivity contribution in [3.05, 3.63) is 30.3 Å². The fraction of sp³-hybridized carbons (Fsp3) is 0.308. The average molecular weight is 296 g/mol. The van der Waals surface area contributed by atoms with Crippen LogP contribution in [0.4, 0.5) is 0 Å². The highest BCUT2D eigenvalue weighted by molar-refractivity contribution is 8.00. The molecule has 0 aliphatic carbocycles. The lowest BCUT2D eigenvalue weighted by Gasteiger charge is -2.11. The highest BCUT2D eigenvalue weighted by atomic mass is 32.2. The summed E-state index contributed by atoms with van der Waals surface area (Å²) in [5.41, 5.74) is 4.87. The van der Waals surface area contributed by atoms with Gasteiger partial charge >= 0.3 is 5.97 Å². The topological polar surface area (TPSA) is 98.5 Å². The number of esters is 1. The van der Waals surface area contributed by atoms with Crippen molar-refractivity contribution >= 4 is 29.5 Å². The Morgan fingerprint density at radius 1 is 1.30 bits per heavy atom. The van der Waals surface area contributed by atoms with Crippen LogP contribution in [0.15, 0.2) is 35.2 Å². The van der Waals surface area contributed by atoms with E-state index in [1.807, 2.05) is 30.3 Å². The van der Waals surface area contributed by atoms with E-state index in [2.05, 4.69) is 5.32 Å². The second-order valence-electron chi connectivity index (χ2n) is 3.92. The monoisotopic (exact) mass is 296 g/mol. The lowest BCUT2D eigenvalue weighted by molar-refractivity contribution is -0.147. The second-order valence-corrected chi connectivity index (χ2v) is 5.34. The summed E-state index contributed by atoms with van der Waals surface area (Å²) >= 11 is 1.34. The van der Waals surface area contributed by atoms with Crippen molar-refractivity contribution in [1.82, 2.24) is 5.32 Å². The zero-order chi connectivity index (χ0) is 15.0. The minimum atomic E-state index is -0.655. The van der Waals surface area contributed by atoms with E-state index in [9.17, 15) is 14.4 Å². The maximum absolute atomic E-state index is 11.7. The van der Waals surface area contributed by atoms with E-state index >= 15 is 0 Å². The van der Waals surface area contributed by atoms with Gasteiger partial charge in [-0.25, -0.2) is 0 Å². The molecule has 0 saturated carbocycles. The van der Waals surface area contributed by atoms with E-state index in [0.717, 1.165) is 4.90 Å². The number of nitrogens with one attached hydrogen (secondary N) is 1. The fourth-order valence-corrected chi connectivity index (χ4v) is 2.13. The molecule has 3 N–H and O–H groups in total. The summed E-state index contributed by atoms with van der Waals surface area (Å²) < 4.78 is 4.85. The minimum Gasteiger partial charge on any atom is -0.455 e. The summed E-state index contributed by atoms with van der Waals surface area (Å²) in [6.07, 6.45) is 0. The Morgan fingerprint density at radius 3 is 2.55 bits per heavy atom. The molecule has 1 aromatic carbocycles. The summed E-state index contributed by atoms with van der Waals surface area (Å²) in [6, 6.07) is 9.40. The van der Waals surface area contributed by atoms with E-state index in [1.54, 1.807) is 6.92 Å². The Bertz CT molecular complexity index is 479. The van der Waals surface area contributed by atoms with Crippen molar-refractivity contribution in [3.63, 3.8) is 0 Å². The standard InChI is InChI=1S/C13H16N2O4S/c1-9(20-10-5-3-2-4-6-10)13(18)19-8-12(17)15-7-11(14)16/h2-6,9H,7-8H2,1H3,(H2,14,16)(H,15,17)/t9-/m0/s1. The first-order valence-corrected chi connectivity index (χ1v) is 6.80. The van der Waals surface area contributed by atoms with Gasteiger partial charge in [-0.1, -0.05) is 18.2 Å². The van der Waals surface area contributed by atoms with Gasteiger partial charge in [0, 0.05) is 4.90 Å². The van der Waals surface area contributed by atoms with Gasteiger partial charge in [0.2, 0.25) is 5.91 Å². The molecule has 0 spiro atoms. The SMILES string of the molecule is C[C@H](Sc1ccccc1)C(=O)OCC(=O)NCC(N)=O. The number of primary amides is 1. The number of hydrogen-bond donors (Lipinski definition) is 2. The summed E-state index contributed by atoms with van der Waals surface area (Å²) in [6.45, 7) is 0.998. The predicted molar refractivity (Wildman–Crippen MR) is 74.9 cm³/mol. The van der Waals surface area contributed by atoms with Crippen LogP contribution in [0.1, 0.15) is 6.92 Å².